The van der Waals surface area contributed by atoms with E-state index in [4.69, 9.17) is 4.74 Å². The molecule has 2 aliphatic rings. The van der Waals surface area contributed by atoms with Gasteiger partial charge in [0.1, 0.15) is 12.1 Å². The van der Waals surface area contributed by atoms with Crippen molar-refractivity contribution in [2.75, 3.05) is 37.3 Å². The van der Waals surface area contributed by atoms with E-state index in [1.807, 2.05) is 24.8 Å². The molecular formula is C20H24FN5O3S. The number of anilines is 1. The average molecular weight is 434 g/mol. The molecule has 0 N–H and O–H groups in total. The summed E-state index contributed by atoms with van der Waals surface area (Å²) in [6.07, 6.45) is 2.56. The highest BCUT2D eigenvalue weighted by molar-refractivity contribution is 7.88. The second-order valence-corrected chi connectivity index (χ2v) is 9.66. The minimum absolute atomic E-state index is 0.143. The smallest absolute Gasteiger partial charge is 0.211 e. The van der Waals surface area contributed by atoms with E-state index in [9.17, 15) is 12.8 Å². The van der Waals surface area contributed by atoms with E-state index in [1.165, 1.54) is 23.0 Å². The largest absolute Gasteiger partial charge is 0.488 e. The van der Waals surface area contributed by atoms with Crippen LogP contribution in [0.15, 0.2) is 29.5 Å². The van der Waals surface area contributed by atoms with Gasteiger partial charge in [0.2, 0.25) is 10.0 Å². The van der Waals surface area contributed by atoms with Crippen molar-refractivity contribution < 1.29 is 17.5 Å². The summed E-state index contributed by atoms with van der Waals surface area (Å²) in [5, 5.41) is 0. The number of aromatic nitrogens is 2. The van der Waals surface area contributed by atoms with E-state index in [2.05, 4.69) is 15.0 Å². The number of sulfonamides is 1. The van der Waals surface area contributed by atoms with E-state index in [-0.39, 0.29) is 11.9 Å². The van der Waals surface area contributed by atoms with Crippen LogP contribution < -0.4 is 9.64 Å². The Bertz CT molecular complexity index is 1100. The lowest BCUT2D eigenvalue weighted by Crippen LogP contribution is -2.48. The summed E-state index contributed by atoms with van der Waals surface area (Å²) < 4.78 is 44.8. The van der Waals surface area contributed by atoms with Crippen LogP contribution in [0.5, 0.6) is 5.75 Å². The molecule has 0 spiro atoms. The Morgan fingerprint density at radius 2 is 1.83 bits per heavy atom. The molecule has 1 saturated heterocycles. The molecule has 0 unspecified atom stereocenters. The molecule has 1 fully saturated rings. The van der Waals surface area contributed by atoms with Gasteiger partial charge in [-0.1, -0.05) is 0 Å². The first kappa shape index (κ1) is 20.7. The van der Waals surface area contributed by atoms with E-state index < -0.39 is 15.8 Å². The zero-order chi connectivity index (χ0) is 21.5. The average Bonchev–Trinajstić information content (AvgIpc) is 3.10. The molecule has 1 aromatic carbocycles. The summed E-state index contributed by atoms with van der Waals surface area (Å²) in [4.78, 5) is 15.3. The van der Waals surface area contributed by atoms with Crippen LogP contribution in [0.3, 0.4) is 0 Å². The van der Waals surface area contributed by atoms with Crippen molar-refractivity contribution in [3.63, 3.8) is 0 Å². The Balaban J connectivity index is 1.58. The summed E-state index contributed by atoms with van der Waals surface area (Å²) in [6.45, 7) is 6.00. The number of piperazine rings is 1. The first-order valence-electron chi connectivity index (χ1n) is 9.79. The monoisotopic (exact) mass is 433 g/mol. The van der Waals surface area contributed by atoms with Crippen LogP contribution in [-0.4, -0.2) is 66.9 Å². The number of hydrogen-bond acceptors (Lipinski definition) is 7. The van der Waals surface area contributed by atoms with E-state index >= 15 is 0 Å². The molecule has 0 bridgehead atoms. The minimum Gasteiger partial charge on any atom is -0.488 e. The fraction of sp³-hybridized carbons (Fsp3) is 0.450. The molecule has 4 rings (SSSR count). The second-order valence-electron chi connectivity index (χ2n) is 7.68. The van der Waals surface area contributed by atoms with Gasteiger partial charge in [-0.25, -0.2) is 22.8 Å². The number of nitrogens with zero attached hydrogens (tertiary/aromatic N) is 5. The number of halogens is 1. The highest BCUT2D eigenvalue weighted by Gasteiger charge is 2.26. The topological polar surface area (TPSA) is 88.0 Å². The van der Waals surface area contributed by atoms with Crippen LogP contribution in [0.1, 0.15) is 30.7 Å². The van der Waals surface area contributed by atoms with Crippen LogP contribution in [0.25, 0.3) is 0 Å². The Hall–Kier alpha value is -2.59. The molecule has 30 heavy (non-hydrogen) atoms. The van der Waals surface area contributed by atoms with Crippen LogP contribution in [0.4, 0.5) is 10.2 Å². The highest BCUT2D eigenvalue weighted by atomic mass is 32.2. The van der Waals surface area contributed by atoms with Crippen LogP contribution in [0.2, 0.25) is 0 Å². The van der Waals surface area contributed by atoms with E-state index in [1.54, 1.807) is 6.07 Å². The molecule has 3 heterocycles. The number of rotatable bonds is 5. The van der Waals surface area contributed by atoms with Crippen molar-refractivity contribution in [3.05, 3.63) is 47.2 Å². The second kappa shape index (κ2) is 7.92. The van der Waals surface area contributed by atoms with Crippen LogP contribution in [0, 0.1) is 5.82 Å². The van der Waals surface area contributed by atoms with Gasteiger partial charge in [0.25, 0.3) is 0 Å². The quantitative estimate of drug-likeness (QED) is 0.715. The third kappa shape index (κ3) is 4.15. The van der Waals surface area contributed by atoms with Crippen LogP contribution >= 0.6 is 0 Å². The van der Waals surface area contributed by atoms with Gasteiger partial charge in [0.15, 0.2) is 11.6 Å². The zero-order valence-electron chi connectivity index (χ0n) is 17.2. The van der Waals surface area contributed by atoms with Gasteiger partial charge in [-0.05, 0) is 31.5 Å². The lowest BCUT2D eigenvalue weighted by atomic mass is 10.0. The Morgan fingerprint density at radius 3 is 2.50 bits per heavy atom. The van der Waals surface area contributed by atoms with Gasteiger partial charge < -0.3 is 9.64 Å². The molecule has 0 atom stereocenters. The summed E-state index contributed by atoms with van der Waals surface area (Å²) in [5.41, 5.74) is 2.92. The summed E-state index contributed by atoms with van der Waals surface area (Å²) >= 11 is 0. The number of ether oxygens (including phenoxy) is 1. The van der Waals surface area contributed by atoms with Gasteiger partial charge in [0.05, 0.1) is 30.3 Å². The molecule has 1 aromatic heterocycles. The Morgan fingerprint density at radius 1 is 1.10 bits per heavy atom. The molecule has 0 radical (unpaired) electrons. The normalized spacial score (nSPS) is 17.2. The zero-order valence-corrected chi connectivity index (χ0v) is 18.0. The highest BCUT2D eigenvalue weighted by Crippen LogP contribution is 2.30. The Kier molecular flexibility index (Phi) is 5.46. The summed E-state index contributed by atoms with van der Waals surface area (Å²) in [7, 11) is -3.19. The first-order chi connectivity index (χ1) is 14.2. The van der Waals surface area contributed by atoms with Crippen molar-refractivity contribution in [1.82, 2.24) is 14.3 Å². The van der Waals surface area contributed by atoms with Crippen molar-refractivity contribution in [2.24, 2.45) is 4.99 Å². The van der Waals surface area contributed by atoms with Crippen LogP contribution in [-0.2, 0) is 16.6 Å². The number of benzene rings is 1. The lowest BCUT2D eigenvalue weighted by Gasteiger charge is -2.34. The van der Waals surface area contributed by atoms with Crippen molar-refractivity contribution in [2.45, 2.75) is 26.5 Å². The number of hydrogen-bond donors (Lipinski definition) is 0. The molecule has 2 aliphatic heterocycles. The SMILES string of the molecule is CC(C)Oc1cc2c(cc1F)CN=C2c1cc(N2CCN(S(C)(=O)=O)CC2)ncn1. The van der Waals surface area contributed by atoms with Gasteiger partial charge in [-0.3, -0.25) is 4.99 Å². The maximum Gasteiger partial charge on any atom is 0.211 e. The Labute approximate surface area is 175 Å². The molecule has 0 saturated carbocycles. The maximum atomic E-state index is 14.3. The van der Waals surface area contributed by atoms with Gasteiger partial charge in [-0.15, -0.1) is 0 Å². The van der Waals surface area contributed by atoms with Crippen molar-refractivity contribution >= 4 is 21.6 Å². The summed E-state index contributed by atoms with van der Waals surface area (Å²) in [6, 6.07) is 5.00. The molecule has 2 aromatic rings. The minimum atomic E-state index is -3.19. The summed E-state index contributed by atoms with van der Waals surface area (Å²) in [5.74, 6) is 0.514. The predicted molar refractivity (Wildman–Crippen MR) is 112 cm³/mol. The molecule has 8 nitrogen and oxygen atoms in total. The van der Waals surface area contributed by atoms with E-state index in [0.717, 1.165) is 11.1 Å². The molecule has 0 aliphatic carbocycles. The van der Waals surface area contributed by atoms with E-state index in [0.29, 0.717) is 49.9 Å². The van der Waals surface area contributed by atoms with Gasteiger partial charge >= 0.3 is 0 Å². The lowest BCUT2D eigenvalue weighted by molar-refractivity contribution is 0.231. The predicted octanol–water partition coefficient (Wildman–Crippen LogP) is 1.84. The molecule has 0 amide bonds. The van der Waals surface area contributed by atoms with Gasteiger partial charge in [0, 0.05) is 37.8 Å². The standard InChI is InChI=1S/C20H24FN5O3S/c1-13(2)29-18-9-15-14(8-16(18)21)11-22-20(15)17-10-19(24-12-23-17)25-4-6-26(7-5-25)30(3,27)28/h8-10,12-13H,4-7,11H2,1-3H3. The van der Waals surface area contributed by atoms with Crippen molar-refractivity contribution in [1.29, 1.82) is 0 Å². The molecular weight excluding hydrogens is 409 g/mol. The first-order valence-corrected chi connectivity index (χ1v) is 11.6. The fourth-order valence-electron chi connectivity index (χ4n) is 3.66. The third-order valence-electron chi connectivity index (χ3n) is 5.11. The maximum absolute atomic E-state index is 14.3. The number of aliphatic imine (C=N–C) groups is 1. The number of fused-ring (bicyclic) bond motifs is 1. The molecule has 10 heteroatoms. The van der Waals surface area contributed by atoms with Crippen molar-refractivity contribution in [3.8, 4) is 5.75 Å². The fourth-order valence-corrected chi connectivity index (χ4v) is 4.48. The third-order valence-corrected chi connectivity index (χ3v) is 6.41. The van der Waals surface area contributed by atoms with Gasteiger partial charge in [-0.2, -0.15) is 4.31 Å². The molecule has 160 valence electrons.